The first-order chi connectivity index (χ1) is 32.8. The summed E-state index contributed by atoms with van der Waals surface area (Å²) < 4.78 is 0.978. The second-order valence-corrected chi connectivity index (χ2v) is 20.0. The minimum absolute atomic E-state index is 0. The van der Waals surface area contributed by atoms with Crippen LogP contribution in [0.15, 0.2) is 148 Å². The lowest BCUT2D eigenvalue weighted by Crippen LogP contribution is -2.49. The van der Waals surface area contributed by atoms with E-state index in [4.69, 9.17) is 31.5 Å². The van der Waals surface area contributed by atoms with Gasteiger partial charge in [-0.15, -0.1) is 0 Å². The molecule has 2 aliphatic heterocycles. The predicted molar refractivity (Wildman–Crippen MR) is 275 cm³/mol. The van der Waals surface area contributed by atoms with Crippen molar-refractivity contribution in [3.8, 4) is 11.1 Å². The molecule has 6 aromatic rings. The van der Waals surface area contributed by atoms with E-state index in [0.717, 1.165) is 90.9 Å². The standard InChI is InChI=1S/C27H26N4O.C22H22BrN3O.C5H6BNO2.CH4/c1-31-24(32)27(30-25(31)28)23-15-20(22-7-4-14-29-17-22)8-9-21(23)16-26(27)12-10-18-5-2-3-6-19(18)11-13-26;1-26-19(27)22(25-20(26)24)18-12-17(23)7-6-16(18)13-21(22)10-8-14-4-2-3-5-15(14)9-11-21;8-6(9)5-2-1-3-7-4-5;/h2-9,14-15,17H,10-13,16H2,1H3,(H2,28,30);2-7,12H,8-11,13H2,1H3,(H2,24,25);1-4,8-9H;1H4. The van der Waals surface area contributed by atoms with Gasteiger partial charge in [0, 0.05) is 59.6 Å². The van der Waals surface area contributed by atoms with E-state index >= 15 is 0 Å². The summed E-state index contributed by atoms with van der Waals surface area (Å²) in [5.74, 6) is 0.663. The van der Waals surface area contributed by atoms with E-state index in [1.165, 1.54) is 44.5 Å². The number of hydrogen-bond acceptors (Lipinski definition) is 10. The minimum atomic E-state index is -1.40. The molecule has 4 aromatic carbocycles. The Morgan fingerprint density at radius 1 is 0.565 bits per heavy atom. The number of benzene rings is 4. The molecule has 0 fully saturated rings. The summed E-state index contributed by atoms with van der Waals surface area (Å²) >= 11 is 3.59. The Kier molecular flexibility index (Phi) is 12.7. The molecule has 14 heteroatoms. The number of aliphatic imine (C=N–C) groups is 2. The van der Waals surface area contributed by atoms with E-state index < -0.39 is 18.2 Å². The third kappa shape index (κ3) is 7.77. The number of carbonyl (C=O) groups excluding carboxylic acids is 2. The number of fused-ring (bicyclic) bond motifs is 8. The molecule has 12 rings (SSSR count). The molecule has 0 radical (unpaired) electrons. The van der Waals surface area contributed by atoms with Crippen LogP contribution < -0.4 is 16.9 Å². The van der Waals surface area contributed by atoms with E-state index in [9.17, 15) is 9.59 Å². The number of carbonyl (C=O) groups is 2. The molecule has 12 nitrogen and oxygen atoms in total. The van der Waals surface area contributed by atoms with Crippen molar-refractivity contribution in [2.24, 2.45) is 32.3 Å². The van der Waals surface area contributed by atoms with E-state index in [0.29, 0.717) is 17.4 Å². The summed E-state index contributed by atoms with van der Waals surface area (Å²) in [5, 5.41) is 17.1. The molecule has 0 saturated heterocycles. The van der Waals surface area contributed by atoms with Crippen LogP contribution >= 0.6 is 15.9 Å². The van der Waals surface area contributed by atoms with Crippen LogP contribution in [0.4, 0.5) is 0 Å². The number of hydrogen-bond donors (Lipinski definition) is 4. The molecule has 2 aromatic heterocycles. The van der Waals surface area contributed by atoms with E-state index in [2.05, 4.69) is 117 Å². The summed E-state index contributed by atoms with van der Waals surface area (Å²) in [6, 6.07) is 37.3. The number of aromatic nitrogens is 2. The normalized spacial score (nSPS) is 21.9. The number of aryl methyl sites for hydroxylation is 4. The smallest absolute Gasteiger partial charge is 0.423 e. The number of amides is 2. The molecule has 2 amide bonds. The molecule has 4 spiro atoms. The van der Waals surface area contributed by atoms with Crippen molar-refractivity contribution in [1.29, 1.82) is 0 Å². The highest BCUT2D eigenvalue weighted by Crippen LogP contribution is 2.62. The van der Waals surface area contributed by atoms with Crippen LogP contribution in [0.5, 0.6) is 0 Å². The van der Waals surface area contributed by atoms with E-state index in [-0.39, 0.29) is 30.1 Å². The number of halogens is 1. The summed E-state index contributed by atoms with van der Waals surface area (Å²) in [5.41, 5.74) is 22.7. The van der Waals surface area contributed by atoms with Gasteiger partial charge in [-0.2, -0.15) is 0 Å². The zero-order valence-corrected chi connectivity index (χ0v) is 39.9. The van der Waals surface area contributed by atoms with Crippen LogP contribution in [0, 0.1) is 10.8 Å². The molecule has 4 aliphatic carbocycles. The molecule has 6 aliphatic rings. The van der Waals surface area contributed by atoms with Crippen LogP contribution in [0.1, 0.15) is 77.6 Å². The van der Waals surface area contributed by atoms with Crippen LogP contribution in [0.2, 0.25) is 0 Å². The molecule has 2 unspecified atom stereocenters. The van der Waals surface area contributed by atoms with Gasteiger partial charge in [-0.25, -0.2) is 9.98 Å². The first kappa shape index (κ1) is 47.6. The maximum atomic E-state index is 13.9. The highest BCUT2D eigenvalue weighted by molar-refractivity contribution is 9.10. The Morgan fingerprint density at radius 2 is 1.01 bits per heavy atom. The van der Waals surface area contributed by atoms with E-state index in [1.807, 2.05) is 12.3 Å². The highest BCUT2D eigenvalue weighted by atomic mass is 79.9. The van der Waals surface area contributed by atoms with Crippen LogP contribution in [-0.4, -0.2) is 74.8 Å². The molecule has 4 heterocycles. The quantitative estimate of drug-likeness (QED) is 0.137. The molecule has 352 valence electrons. The number of pyridine rings is 2. The largest absolute Gasteiger partial charge is 0.490 e. The zero-order valence-electron chi connectivity index (χ0n) is 38.3. The SMILES string of the molecule is C.CN1C(=O)C2(N=C1N)c1cc(-c3cccnc3)ccc1CC21CCc2ccccc2CC1.CN1C(=O)C2(N=C1N)c1cc(Br)ccc1CC21CCc2ccccc2CC1.OB(O)c1cccnc1. The number of rotatable bonds is 2. The Labute approximate surface area is 412 Å². The monoisotopic (exact) mass is 984 g/mol. The van der Waals surface area contributed by atoms with Crippen molar-refractivity contribution in [2.75, 3.05) is 14.1 Å². The summed E-state index contributed by atoms with van der Waals surface area (Å²) in [6.45, 7) is 0. The number of likely N-dealkylation sites (N-methyl/N-ethyl adjacent to an activating group) is 2. The maximum Gasteiger partial charge on any atom is 0.490 e. The van der Waals surface area contributed by atoms with Crippen molar-refractivity contribution in [3.05, 3.63) is 183 Å². The third-order valence-corrected chi connectivity index (χ3v) is 16.2. The second kappa shape index (κ2) is 18.5. The lowest BCUT2D eigenvalue weighted by molar-refractivity contribution is -0.136. The lowest BCUT2D eigenvalue weighted by atomic mass is 9.65. The maximum absolute atomic E-state index is 13.9. The van der Waals surface area contributed by atoms with Crippen molar-refractivity contribution in [2.45, 2.75) is 82.7 Å². The van der Waals surface area contributed by atoms with Crippen LogP contribution in [0.3, 0.4) is 0 Å². The minimum Gasteiger partial charge on any atom is -0.423 e. The van der Waals surface area contributed by atoms with E-state index in [1.54, 1.807) is 43.5 Å². The van der Waals surface area contributed by atoms with Gasteiger partial charge in [-0.05, 0) is 150 Å². The van der Waals surface area contributed by atoms with Gasteiger partial charge in [0.2, 0.25) is 0 Å². The Hall–Kier alpha value is -6.48. The second-order valence-electron chi connectivity index (χ2n) is 19.1. The summed E-state index contributed by atoms with van der Waals surface area (Å²) in [4.78, 5) is 48.5. The first-order valence-electron chi connectivity index (χ1n) is 23.3. The van der Waals surface area contributed by atoms with Gasteiger partial charge in [0.25, 0.3) is 11.8 Å². The zero-order chi connectivity index (χ0) is 47.4. The fourth-order valence-corrected chi connectivity index (χ4v) is 12.5. The fourth-order valence-electron chi connectivity index (χ4n) is 12.1. The number of guanidine groups is 2. The molecule has 69 heavy (non-hydrogen) atoms. The molecule has 2 atom stereocenters. The topological polar surface area (TPSA) is 184 Å². The Balaban J connectivity index is 0.000000145. The van der Waals surface area contributed by atoms with Crippen molar-refractivity contribution in [1.82, 2.24) is 19.8 Å². The molecular weight excluding hydrogens is 927 g/mol. The van der Waals surface area contributed by atoms with Gasteiger partial charge in [-0.1, -0.05) is 102 Å². The van der Waals surface area contributed by atoms with Gasteiger partial charge in [0.05, 0.1) is 0 Å². The Bertz CT molecular complexity index is 2950. The van der Waals surface area contributed by atoms with Gasteiger partial charge in [0.1, 0.15) is 0 Å². The fraction of sp³-hybridized carbons (Fsp3) is 0.309. The highest BCUT2D eigenvalue weighted by Gasteiger charge is 2.67. The van der Waals surface area contributed by atoms with Crippen LogP contribution in [0.25, 0.3) is 11.1 Å². The lowest BCUT2D eigenvalue weighted by Gasteiger charge is -2.40. The van der Waals surface area contributed by atoms with Gasteiger partial charge >= 0.3 is 7.12 Å². The van der Waals surface area contributed by atoms with Gasteiger partial charge in [-0.3, -0.25) is 29.4 Å². The third-order valence-electron chi connectivity index (χ3n) is 15.7. The van der Waals surface area contributed by atoms with Crippen molar-refractivity contribution >= 4 is 52.2 Å². The average molecular weight is 986 g/mol. The van der Waals surface area contributed by atoms with Crippen molar-refractivity contribution < 1.29 is 19.6 Å². The first-order valence-corrected chi connectivity index (χ1v) is 24.1. The number of nitrogens with zero attached hydrogens (tertiary/aromatic N) is 6. The summed E-state index contributed by atoms with van der Waals surface area (Å²) in [7, 11) is 2.09. The molecule has 6 N–H and O–H groups in total. The predicted octanol–water partition coefficient (Wildman–Crippen LogP) is 6.80. The Morgan fingerprint density at radius 3 is 1.41 bits per heavy atom. The van der Waals surface area contributed by atoms with Crippen LogP contribution in [-0.2, 0) is 59.2 Å². The van der Waals surface area contributed by atoms with Gasteiger partial charge in [0.15, 0.2) is 23.0 Å². The molecule has 0 bridgehead atoms. The average Bonchev–Trinajstić information content (AvgIpc) is 3.83. The number of nitrogens with two attached hydrogens (primary N) is 2. The molecule has 0 saturated carbocycles. The van der Waals surface area contributed by atoms with Crippen molar-refractivity contribution in [3.63, 3.8) is 0 Å². The summed E-state index contributed by atoms with van der Waals surface area (Å²) in [6.07, 6.45) is 15.9. The van der Waals surface area contributed by atoms with Gasteiger partial charge < -0.3 is 21.5 Å². The molecular formula is C55H58BBrN8O4.